The number of allylic oxidation sites excluding steroid dienone is 1. The summed E-state index contributed by atoms with van der Waals surface area (Å²) in [4.78, 5) is 29.0. The average molecular weight is 553 g/mol. The Balaban J connectivity index is 1.34. The first-order valence-electron chi connectivity index (χ1n) is 12.9. The molecule has 1 fully saturated rings. The number of halogens is 1. The zero-order valence-electron chi connectivity index (χ0n) is 21.7. The lowest BCUT2D eigenvalue weighted by molar-refractivity contribution is 0.0735. The van der Waals surface area contributed by atoms with Crippen molar-refractivity contribution in [3.8, 4) is 22.7 Å². The maximum absolute atomic E-state index is 14.2. The van der Waals surface area contributed by atoms with Crippen LogP contribution in [0.4, 0.5) is 4.39 Å². The summed E-state index contributed by atoms with van der Waals surface area (Å²) in [6, 6.07) is 11.8. The van der Waals surface area contributed by atoms with E-state index in [0.29, 0.717) is 40.1 Å². The topological polar surface area (TPSA) is 97.9 Å². The number of carbonyl (C=O) groups excluding carboxylic acids is 1. The van der Waals surface area contributed by atoms with Crippen LogP contribution < -0.4 is 0 Å². The SMILES string of the molecule is C=C(Cc1ccccc1F)c1nnc(-c2cc(C(=O)N3CCC[C@@H]3c3nc(C)cs3)cc(-c3cnccn3)c2)o1. The number of hydrogen-bond acceptors (Lipinski definition) is 8. The molecule has 5 aromatic rings. The number of benzene rings is 2. The smallest absolute Gasteiger partial charge is 0.254 e. The molecule has 2 aromatic carbocycles. The van der Waals surface area contributed by atoms with Crippen LogP contribution in [0.25, 0.3) is 28.3 Å². The van der Waals surface area contributed by atoms with E-state index in [1.54, 1.807) is 54.2 Å². The van der Waals surface area contributed by atoms with E-state index in [9.17, 15) is 9.18 Å². The van der Waals surface area contributed by atoms with Gasteiger partial charge in [0.25, 0.3) is 5.91 Å². The van der Waals surface area contributed by atoms with Crippen molar-refractivity contribution in [2.45, 2.75) is 32.2 Å². The Kier molecular flexibility index (Phi) is 7.00. The van der Waals surface area contributed by atoms with E-state index in [2.05, 4.69) is 31.7 Å². The summed E-state index contributed by atoms with van der Waals surface area (Å²) in [6.07, 6.45) is 6.83. The van der Waals surface area contributed by atoms with E-state index in [1.807, 2.05) is 29.3 Å². The van der Waals surface area contributed by atoms with Gasteiger partial charge in [-0.15, -0.1) is 21.5 Å². The Hall–Kier alpha value is -4.57. The lowest BCUT2D eigenvalue weighted by Crippen LogP contribution is -2.30. The summed E-state index contributed by atoms with van der Waals surface area (Å²) in [5.41, 5.74) is 4.27. The molecule has 1 aliphatic heterocycles. The molecule has 10 heteroatoms. The maximum atomic E-state index is 14.2. The Labute approximate surface area is 234 Å². The van der Waals surface area contributed by atoms with Crippen LogP contribution in [0.5, 0.6) is 0 Å². The maximum Gasteiger partial charge on any atom is 0.254 e. The average Bonchev–Trinajstić information content (AvgIpc) is 3.75. The Morgan fingerprint density at radius 1 is 1.18 bits per heavy atom. The van der Waals surface area contributed by atoms with E-state index in [4.69, 9.17) is 4.42 Å². The number of thiazole rings is 1. The monoisotopic (exact) mass is 552 g/mol. The third-order valence-electron chi connectivity index (χ3n) is 6.81. The van der Waals surface area contributed by atoms with E-state index in [0.717, 1.165) is 23.5 Å². The second-order valence-corrected chi connectivity index (χ2v) is 10.5. The summed E-state index contributed by atoms with van der Waals surface area (Å²) in [5.74, 6) is -0.00448. The normalized spacial score (nSPS) is 14.9. The van der Waals surface area contributed by atoms with Gasteiger partial charge < -0.3 is 9.32 Å². The Morgan fingerprint density at radius 3 is 2.80 bits per heavy atom. The van der Waals surface area contributed by atoms with Crippen molar-refractivity contribution in [2.75, 3.05) is 6.54 Å². The van der Waals surface area contributed by atoms with Gasteiger partial charge in [-0.05, 0) is 49.6 Å². The standard InChI is InChI=1S/C30H25FN6O2S/c1-18(12-20-6-3-4-7-24(20)31)27-35-36-28(39-27)22-13-21(25-16-32-9-10-33-25)14-23(15-22)30(38)37-11-5-8-26(37)29-34-19(2)17-40-29/h3-4,6-7,9-10,13-17,26H,1,5,8,11-12H2,2H3/t26-/m1/s1. The highest BCUT2D eigenvalue weighted by molar-refractivity contribution is 7.09. The van der Waals surface area contributed by atoms with Crippen LogP contribution in [0, 0.1) is 12.7 Å². The van der Waals surface area contributed by atoms with Gasteiger partial charge in [0.15, 0.2) is 0 Å². The molecule has 0 bridgehead atoms. The molecule has 1 amide bonds. The van der Waals surface area contributed by atoms with Gasteiger partial charge in [-0.3, -0.25) is 14.8 Å². The number of carbonyl (C=O) groups is 1. The number of nitrogens with zero attached hydrogens (tertiary/aromatic N) is 6. The number of amides is 1. The zero-order chi connectivity index (χ0) is 27.6. The van der Waals surface area contributed by atoms with Crippen LogP contribution in [-0.4, -0.2) is 42.5 Å². The molecule has 0 radical (unpaired) electrons. The van der Waals surface area contributed by atoms with E-state index in [1.165, 1.54) is 6.07 Å². The first kappa shape index (κ1) is 25.7. The van der Waals surface area contributed by atoms with Crippen molar-refractivity contribution in [1.29, 1.82) is 0 Å². The van der Waals surface area contributed by atoms with Crippen LogP contribution in [0.2, 0.25) is 0 Å². The lowest BCUT2D eigenvalue weighted by atomic mass is 10.0. The number of aromatic nitrogens is 5. The van der Waals surface area contributed by atoms with Gasteiger partial charge in [-0.1, -0.05) is 24.8 Å². The van der Waals surface area contributed by atoms with Crippen LogP contribution in [0.1, 0.15) is 51.4 Å². The highest BCUT2D eigenvalue weighted by Gasteiger charge is 2.33. The molecule has 1 aliphatic rings. The quantitative estimate of drug-likeness (QED) is 0.233. The van der Waals surface area contributed by atoms with Gasteiger partial charge in [0.1, 0.15) is 10.8 Å². The van der Waals surface area contributed by atoms with Crippen molar-refractivity contribution < 1.29 is 13.6 Å². The molecule has 6 rings (SSSR count). The molecule has 0 spiro atoms. The molecule has 200 valence electrons. The van der Waals surface area contributed by atoms with Crippen molar-refractivity contribution in [2.24, 2.45) is 0 Å². The molecular weight excluding hydrogens is 527 g/mol. The highest BCUT2D eigenvalue weighted by Crippen LogP contribution is 2.36. The molecule has 1 atom stereocenters. The summed E-state index contributed by atoms with van der Waals surface area (Å²) in [7, 11) is 0. The predicted octanol–water partition coefficient (Wildman–Crippen LogP) is 6.33. The summed E-state index contributed by atoms with van der Waals surface area (Å²) >= 11 is 1.58. The first-order valence-corrected chi connectivity index (χ1v) is 13.7. The van der Waals surface area contributed by atoms with Gasteiger partial charge in [-0.2, -0.15) is 0 Å². The lowest BCUT2D eigenvalue weighted by Gasteiger charge is -2.23. The number of hydrogen-bond donors (Lipinski definition) is 0. The van der Waals surface area contributed by atoms with Gasteiger partial charge in [0, 0.05) is 58.7 Å². The third kappa shape index (κ3) is 5.17. The largest absolute Gasteiger partial charge is 0.416 e. The molecule has 4 heterocycles. The van der Waals surface area contributed by atoms with Gasteiger partial charge >= 0.3 is 0 Å². The summed E-state index contributed by atoms with van der Waals surface area (Å²) in [5, 5.41) is 11.3. The van der Waals surface area contributed by atoms with Crippen LogP contribution in [0.15, 0.2) is 77.4 Å². The fraction of sp³-hybridized carbons (Fsp3) is 0.200. The summed E-state index contributed by atoms with van der Waals surface area (Å²) < 4.78 is 20.1. The van der Waals surface area contributed by atoms with Gasteiger partial charge in [0.05, 0.1) is 17.9 Å². The van der Waals surface area contributed by atoms with Gasteiger partial charge in [0.2, 0.25) is 11.8 Å². The first-order chi connectivity index (χ1) is 19.5. The number of likely N-dealkylation sites (tertiary alicyclic amines) is 1. The minimum atomic E-state index is -0.323. The van der Waals surface area contributed by atoms with E-state index in [-0.39, 0.29) is 36.0 Å². The summed E-state index contributed by atoms with van der Waals surface area (Å²) in [6.45, 7) is 6.63. The van der Waals surface area contributed by atoms with Crippen molar-refractivity contribution in [3.63, 3.8) is 0 Å². The molecule has 0 saturated carbocycles. The molecule has 0 aliphatic carbocycles. The van der Waals surface area contributed by atoms with Crippen LogP contribution in [0.3, 0.4) is 0 Å². The molecular formula is C30H25FN6O2S. The van der Waals surface area contributed by atoms with E-state index < -0.39 is 0 Å². The fourth-order valence-corrected chi connectivity index (χ4v) is 5.80. The third-order valence-corrected chi connectivity index (χ3v) is 7.87. The zero-order valence-corrected chi connectivity index (χ0v) is 22.6. The molecule has 3 aromatic heterocycles. The van der Waals surface area contributed by atoms with Gasteiger partial charge in [-0.25, -0.2) is 9.37 Å². The van der Waals surface area contributed by atoms with Crippen molar-refractivity contribution in [1.82, 2.24) is 30.0 Å². The second kappa shape index (κ2) is 10.9. The highest BCUT2D eigenvalue weighted by atomic mass is 32.1. The van der Waals surface area contributed by atoms with Crippen LogP contribution >= 0.6 is 11.3 Å². The second-order valence-electron chi connectivity index (χ2n) is 9.66. The number of aryl methyl sites for hydroxylation is 1. The predicted molar refractivity (Wildman–Crippen MR) is 150 cm³/mol. The Bertz CT molecular complexity index is 1700. The minimum Gasteiger partial charge on any atom is -0.416 e. The minimum absolute atomic E-state index is 0.0634. The number of rotatable bonds is 7. The molecule has 1 saturated heterocycles. The molecule has 8 nitrogen and oxygen atoms in total. The van der Waals surface area contributed by atoms with Crippen molar-refractivity contribution in [3.05, 3.63) is 107 Å². The van der Waals surface area contributed by atoms with Crippen molar-refractivity contribution >= 4 is 22.8 Å². The fourth-order valence-electron chi connectivity index (χ4n) is 4.86. The van der Waals surface area contributed by atoms with Crippen LogP contribution in [-0.2, 0) is 6.42 Å². The molecule has 0 unspecified atom stereocenters. The molecule has 0 N–H and O–H groups in total. The Morgan fingerprint density at radius 2 is 2.02 bits per heavy atom. The molecule has 40 heavy (non-hydrogen) atoms. The van der Waals surface area contributed by atoms with E-state index >= 15 is 0 Å².